The monoisotopic (exact) mass is 426 g/mol. The molecule has 1 aromatic heterocycles. The van der Waals surface area contributed by atoms with E-state index in [9.17, 15) is 19.2 Å². The molecule has 12 heteroatoms. The van der Waals surface area contributed by atoms with Crippen molar-refractivity contribution in [2.45, 2.75) is 58.7 Å². The molecule has 1 fully saturated rings. The van der Waals surface area contributed by atoms with E-state index in [2.05, 4.69) is 10.1 Å². The number of thiazole rings is 1. The average molecular weight is 426 g/mol. The Morgan fingerprint density at radius 1 is 1.17 bits per heavy atom. The summed E-state index contributed by atoms with van der Waals surface area (Å²) in [5, 5.41) is 4.24. The van der Waals surface area contributed by atoms with Crippen molar-refractivity contribution in [2.24, 2.45) is 5.16 Å². The maximum absolute atomic E-state index is 12.6. The lowest BCUT2D eigenvalue weighted by Gasteiger charge is -2.26. The first-order valence-electron chi connectivity index (χ1n) is 8.59. The van der Waals surface area contributed by atoms with Gasteiger partial charge in [0.1, 0.15) is 5.60 Å². The van der Waals surface area contributed by atoms with E-state index in [-0.39, 0.29) is 22.9 Å². The molecule has 0 saturated carbocycles. The van der Waals surface area contributed by atoms with E-state index in [0.717, 1.165) is 11.3 Å². The quantitative estimate of drug-likeness (QED) is 0.306. The number of oxime groups is 1. The zero-order valence-corrected chi connectivity index (χ0v) is 17.5. The van der Waals surface area contributed by atoms with Crippen molar-refractivity contribution in [1.82, 2.24) is 10.0 Å². The molecule has 0 aromatic carbocycles. The summed E-state index contributed by atoms with van der Waals surface area (Å²) in [6.07, 6.45) is 1.13. The Bertz CT molecular complexity index is 853. The highest BCUT2D eigenvalue weighted by molar-refractivity contribution is 7.18. The van der Waals surface area contributed by atoms with Crippen molar-refractivity contribution < 1.29 is 33.6 Å². The molecule has 0 aliphatic carbocycles. The summed E-state index contributed by atoms with van der Waals surface area (Å²) in [5.41, 5.74) is 2.87. The largest absolute Gasteiger partial charge is 0.457 e. The number of nitrogen functional groups attached to an aromatic ring is 1. The fraction of sp³-hybridized carbons (Fsp3) is 0.529. The van der Waals surface area contributed by atoms with E-state index in [1.807, 2.05) is 0 Å². The van der Waals surface area contributed by atoms with Crippen molar-refractivity contribution in [3.8, 4) is 0 Å². The maximum Gasteiger partial charge on any atom is 0.387 e. The third-order valence-corrected chi connectivity index (χ3v) is 4.22. The molecule has 1 aliphatic heterocycles. The number of nitrogens with two attached hydrogens (primary N) is 1. The van der Waals surface area contributed by atoms with Crippen molar-refractivity contribution in [3.63, 3.8) is 0 Å². The van der Waals surface area contributed by atoms with Crippen LogP contribution in [0.3, 0.4) is 0 Å². The molecule has 0 unspecified atom stereocenters. The summed E-state index contributed by atoms with van der Waals surface area (Å²) in [5.74, 6) is -3.16. The molecule has 1 saturated heterocycles. The van der Waals surface area contributed by atoms with E-state index in [0.29, 0.717) is 5.06 Å². The number of anilines is 1. The molecule has 2 rings (SSSR count). The molecule has 11 nitrogen and oxygen atoms in total. The Balaban J connectivity index is 2.26. The lowest BCUT2D eigenvalue weighted by molar-refractivity contribution is -0.192. The van der Waals surface area contributed by atoms with Gasteiger partial charge in [-0.2, -0.15) is 0 Å². The second-order valence-corrected chi connectivity index (χ2v) is 8.63. The standard InChI is InChI=1S/C17H22N4O7S/c1-16(2,3)26-14(25)17(4,5)28-20-12(9-8-19-15(18)29-9)13(24)27-21-10(22)6-7-11(21)23/h8H,6-7H2,1-5H3,(H2,18,19)/b20-12-. The van der Waals surface area contributed by atoms with Gasteiger partial charge in [-0.05, 0) is 34.6 Å². The maximum atomic E-state index is 12.6. The fourth-order valence-electron chi connectivity index (χ4n) is 1.96. The van der Waals surface area contributed by atoms with E-state index in [1.165, 1.54) is 20.0 Å². The molecule has 29 heavy (non-hydrogen) atoms. The molecule has 0 bridgehead atoms. The van der Waals surface area contributed by atoms with Crippen LogP contribution in [0.1, 0.15) is 52.3 Å². The molecule has 0 atom stereocenters. The van der Waals surface area contributed by atoms with E-state index >= 15 is 0 Å². The van der Waals surface area contributed by atoms with Crippen LogP contribution in [0.15, 0.2) is 11.4 Å². The second kappa shape index (κ2) is 8.15. The van der Waals surface area contributed by atoms with Gasteiger partial charge in [0.25, 0.3) is 11.8 Å². The molecular weight excluding hydrogens is 404 g/mol. The van der Waals surface area contributed by atoms with Gasteiger partial charge in [-0.25, -0.2) is 14.6 Å². The van der Waals surface area contributed by atoms with E-state index in [1.54, 1.807) is 20.8 Å². The average Bonchev–Trinajstić information content (AvgIpc) is 3.14. The predicted octanol–water partition coefficient (Wildman–Crippen LogP) is 1.17. The first kappa shape index (κ1) is 22.3. The summed E-state index contributed by atoms with van der Waals surface area (Å²) >= 11 is 0.903. The highest BCUT2D eigenvalue weighted by atomic mass is 32.1. The van der Waals surface area contributed by atoms with Crippen LogP contribution < -0.4 is 5.73 Å². The summed E-state index contributed by atoms with van der Waals surface area (Å²) in [7, 11) is 0. The van der Waals surface area contributed by atoms with Crippen molar-refractivity contribution in [1.29, 1.82) is 0 Å². The lowest BCUT2D eigenvalue weighted by Crippen LogP contribution is -2.40. The van der Waals surface area contributed by atoms with Gasteiger partial charge in [0.2, 0.25) is 11.3 Å². The number of ether oxygens (including phenoxy) is 1. The number of hydroxylamine groups is 2. The number of carbonyl (C=O) groups is 4. The van der Waals surface area contributed by atoms with E-state index < -0.39 is 40.7 Å². The van der Waals surface area contributed by atoms with Crippen LogP contribution >= 0.6 is 11.3 Å². The van der Waals surface area contributed by atoms with Gasteiger partial charge in [-0.15, -0.1) is 5.06 Å². The Labute approximate surface area is 170 Å². The minimum atomic E-state index is -1.55. The van der Waals surface area contributed by atoms with Crippen molar-refractivity contribution in [3.05, 3.63) is 11.1 Å². The first-order chi connectivity index (χ1) is 13.3. The zero-order valence-electron chi connectivity index (χ0n) is 16.7. The number of imide groups is 1. The summed E-state index contributed by atoms with van der Waals surface area (Å²) < 4.78 is 5.26. The van der Waals surface area contributed by atoms with Gasteiger partial charge in [0.15, 0.2) is 5.13 Å². The van der Waals surface area contributed by atoms with Crippen LogP contribution in [0.25, 0.3) is 0 Å². The SMILES string of the molecule is CC(C)(C)OC(=O)C(C)(C)O/N=C(\C(=O)ON1C(=O)CCC1=O)c1cnc(N)s1. The first-order valence-corrected chi connectivity index (χ1v) is 9.41. The predicted molar refractivity (Wildman–Crippen MR) is 101 cm³/mol. The fourth-order valence-corrected chi connectivity index (χ4v) is 2.62. The van der Waals surface area contributed by atoms with Crippen LogP contribution in [0.4, 0.5) is 5.13 Å². The normalized spacial score (nSPS) is 15.5. The van der Waals surface area contributed by atoms with Crippen LogP contribution in [0.5, 0.6) is 0 Å². The van der Waals surface area contributed by atoms with Gasteiger partial charge in [-0.1, -0.05) is 16.5 Å². The number of esters is 1. The summed E-state index contributed by atoms with van der Waals surface area (Å²) in [6, 6.07) is 0. The van der Waals surface area contributed by atoms with Crippen molar-refractivity contribution in [2.75, 3.05) is 5.73 Å². The molecule has 2 N–H and O–H groups in total. The molecule has 2 heterocycles. The number of amides is 2. The van der Waals surface area contributed by atoms with Crippen molar-refractivity contribution >= 4 is 45.9 Å². The Morgan fingerprint density at radius 3 is 2.24 bits per heavy atom. The van der Waals surface area contributed by atoms with Gasteiger partial charge in [-0.3, -0.25) is 9.59 Å². The second-order valence-electron chi connectivity index (χ2n) is 7.57. The molecule has 0 spiro atoms. The van der Waals surface area contributed by atoms with Crippen LogP contribution in [-0.2, 0) is 33.6 Å². The minimum Gasteiger partial charge on any atom is -0.457 e. The number of carbonyl (C=O) groups excluding carboxylic acids is 4. The molecule has 158 valence electrons. The molecule has 1 aromatic rings. The van der Waals surface area contributed by atoms with Gasteiger partial charge in [0.05, 0.1) is 11.1 Å². The van der Waals surface area contributed by atoms with Crippen LogP contribution in [-0.4, -0.2) is 50.7 Å². The van der Waals surface area contributed by atoms with Gasteiger partial charge in [0, 0.05) is 12.8 Å². The number of hydrogen-bond donors (Lipinski definition) is 1. The molecular formula is C17H22N4O7S. The van der Waals surface area contributed by atoms with Gasteiger partial charge >= 0.3 is 11.9 Å². The van der Waals surface area contributed by atoms with E-state index in [4.69, 9.17) is 20.1 Å². The summed E-state index contributed by atoms with van der Waals surface area (Å²) in [6.45, 7) is 7.88. The molecule has 2 amide bonds. The summed E-state index contributed by atoms with van der Waals surface area (Å²) in [4.78, 5) is 62.4. The number of rotatable bonds is 6. The smallest absolute Gasteiger partial charge is 0.387 e. The van der Waals surface area contributed by atoms with Gasteiger partial charge < -0.3 is 20.1 Å². The van der Waals surface area contributed by atoms with Crippen LogP contribution in [0.2, 0.25) is 0 Å². The lowest BCUT2D eigenvalue weighted by atomic mass is 10.1. The number of hydrogen-bond acceptors (Lipinski definition) is 11. The minimum absolute atomic E-state index is 0.0612. The molecule has 1 aliphatic rings. The Morgan fingerprint density at radius 2 is 1.76 bits per heavy atom. The number of nitrogens with zero attached hydrogens (tertiary/aromatic N) is 3. The Kier molecular flexibility index (Phi) is 6.26. The highest BCUT2D eigenvalue weighted by Crippen LogP contribution is 2.21. The number of aromatic nitrogens is 1. The highest BCUT2D eigenvalue weighted by Gasteiger charge is 2.37. The third kappa shape index (κ3) is 5.73. The topological polar surface area (TPSA) is 150 Å². The van der Waals surface area contributed by atoms with Crippen LogP contribution in [0, 0.1) is 0 Å². The third-order valence-electron chi connectivity index (χ3n) is 3.39. The zero-order chi connectivity index (χ0) is 22.0. The molecule has 0 radical (unpaired) electrons. The Hall–Kier alpha value is -3.02.